The van der Waals surface area contributed by atoms with E-state index in [0.717, 1.165) is 43.4 Å². The van der Waals surface area contributed by atoms with E-state index in [9.17, 15) is 9.59 Å². The van der Waals surface area contributed by atoms with E-state index in [-0.39, 0.29) is 17.3 Å². The third-order valence-corrected chi connectivity index (χ3v) is 5.84. The van der Waals surface area contributed by atoms with Crippen LogP contribution in [0.4, 0.5) is 0 Å². The van der Waals surface area contributed by atoms with Gasteiger partial charge >= 0.3 is 5.97 Å². The van der Waals surface area contributed by atoms with Crippen molar-refractivity contribution in [2.24, 2.45) is 5.41 Å². The minimum Gasteiger partial charge on any atom is -0.467 e. The molecule has 25 heavy (non-hydrogen) atoms. The third kappa shape index (κ3) is 5.24. The number of carbonyl (C=O) groups is 2. The van der Waals surface area contributed by atoms with Gasteiger partial charge in [0.15, 0.2) is 0 Å². The lowest BCUT2D eigenvalue weighted by Gasteiger charge is -2.41. The number of rotatable bonds is 9. The van der Waals surface area contributed by atoms with Crippen LogP contribution in [0.2, 0.25) is 0 Å². The lowest BCUT2D eigenvalue weighted by atomic mass is 9.65. The van der Waals surface area contributed by atoms with E-state index < -0.39 is 6.04 Å². The van der Waals surface area contributed by atoms with Gasteiger partial charge in [-0.1, -0.05) is 36.2 Å². The molecule has 0 spiro atoms. The number of hydrogen-bond acceptors (Lipinski definition) is 4. The molecular weight excluding hydrogens is 334 g/mol. The van der Waals surface area contributed by atoms with E-state index in [4.69, 9.17) is 4.74 Å². The zero-order valence-electron chi connectivity index (χ0n) is 15.5. The highest BCUT2D eigenvalue weighted by Gasteiger charge is 2.44. The van der Waals surface area contributed by atoms with Crippen molar-refractivity contribution >= 4 is 23.6 Å². The molecule has 1 atom stereocenters. The number of nitrogens with one attached hydrogen (secondary N) is 1. The van der Waals surface area contributed by atoms with Crippen LogP contribution >= 0.6 is 11.8 Å². The summed E-state index contributed by atoms with van der Waals surface area (Å²) >= 11 is 1.81. The summed E-state index contributed by atoms with van der Waals surface area (Å²) < 4.78 is 4.92. The molecule has 5 heteroatoms. The summed E-state index contributed by atoms with van der Waals surface area (Å²) in [4.78, 5) is 25.1. The van der Waals surface area contributed by atoms with Crippen LogP contribution in [0.15, 0.2) is 24.3 Å². The van der Waals surface area contributed by atoms with Crippen molar-refractivity contribution in [2.45, 2.75) is 51.5 Å². The highest BCUT2D eigenvalue weighted by molar-refractivity contribution is 7.98. The van der Waals surface area contributed by atoms with E-state index in [1.165, 1.54) is 12.7 Å². The summed E-state index contributed by atoms with van der Waals surface area (Å²) in [7, 11) is 1.37. The number of methoxy groups -OCH3 is 1. The second-order valence-corrected chi connectivity index (χ2v) is 7.95. The van der Waals surface area contributed by atoms with Gasteiger partial charge in [-0.3, -0.25) is 4.79 Å². The van der Waals surface area contributed by atoms with Crippen molar-refractivity contribution < 1.29 is 14.3 Å². The van der Waals surface area contributed by atoms with Gasteiger partial charge in [0.1, 0.15) is 6.04 Å². The Balaban J connectivity index is 2.03. The van der Waals surface area contributed by atoms with Crippen molar-refractivity contribution in [3.63, 3.8) is 0 Å². The average molecular weight is 364 g/mol. The van der Waals surface area contributed by atoms with E-state index in [2.05, 4.69) is 11.6 Å². The minimum absolute atomic E-state index is 0.0161. The predicted octanol–water partition coefficient (Wildman–Crippen LogP) is 3.51. The first-order chi connectivity index (χ1) is 12.0. The molecule has 0 heterocycles. The van der Waals surface area contributed by atoms with Gasteiger partial charge in [0.2, 0.25) is 5.91 Å². The Morgan fingerprint density at radius 3 is 2.48 bits per heavy atom. The van der Waals surface area contributed by atoms with Gasteiger partial charge in [-0.25, -0.2) is 4.79 Å². The van der Waals surface area contributed by atoms with Crippen LogP contribution in [0.1, 0.15) is 43.2 Å². The van der Waals surface area contributed by atoms with Gasteiger partial charge in [-0.05, 0) is 50.2 Å². The lowest BCUT2D eigenvalue weighted by molar-refractivity contribution is -0.148. The summed E-state index contributed by atoms with van der Waals surface area (Å²) in [6.07, 6.45) is 7.42. The monoisotopic (exact) mass is 363 g/mol. The van der Waals surface area contributed by atoms with E-state index in [1.807, 2.05) is 43.0 Å². The number of thioether (sulfide) groups is 1. The topological polar surface area (TPSA) is 55.4 Å². The number of benzene rings is 1. The van der Waals surface area contributed by atoms with Gasteiger partial charge in [-0.15, -0.1) is 0 Å². The summed E-state index contributed by atoms with van der Waals surface area (Å²) in [6.45, 7) is 2.03. The van der Waals surface area contributed by atoms with Crippen molar-refractivity contribution in [3.8, 4) is 0 Å². The molecule has 2 rings (SSSR count). The standard InChI is InChI=1S/C20H29NO3S/c1-15-6-8-16(9-7-15)14-17(18(22)24-2)21-19(23)20(10-4-11-20)12-5-13-25-3/h6-9,17H,4-5,10-14H2,1-3H3,(H,21,23). The lowest BCUT2D eigenvalue weighted by Crippen LogP contribution is -2.52. The van der Waals surface area contributed by atoms with Crippen LogP contribution in [0, 0.1) is 12.3 Å². The van der Waals surface area contributed by atoms with Crippen LogP contribution in [0.3, 0.4) is 0 Å². The molecule has 1 aromatic rings. The second kappa shape index (κ2) is 9.27. The molecule has 4 nitrogen and oxygen atoms in total. The Kier molecular flexibility index (Phi) is 7.36. The molecular formula is C20H29NO3S. The molecule has 0 saturated heterocycles. The van der Waals surface area contributed by atoms with Crippen molar-refractivity contribution in [3.05, 3.63) is 35.4 Å². The molecule has 1 unspecified atom stereocenters. The summed E-state index contributed by atoms with van der Waals surface area (Å²) in [5.74, 6) is 0.702. The Morgan fingerprint density at radius 1 is 1.28 bits per heavy atom. The number of esters is 1. The average Bonchev–Trinajstić information content (AvgIpc) is 2.57. The highest BCUT2D eigenvalue weighted by Crippen LogP contribution is 2.45. The first-order valence-electron chi connectivity index (χ1n) is 8.94. The van der Waals surface area contributed by atoms with E-state index >= 15 is 0 Å². The SMILES string of the molecule is COC(=O)C(Cc1ccc(C)cc1)NC(=O)C1(CCCSC)CCC1. The van der Waals surface area contributed by atoms with Crippen molar-refractivity contribution in [1.82, 2.24) is 5.32 Å². The number of carbonyl (C=O) groups excluding carboxylic acids is 2. The molecule has 1 aromatic carbocycles. The number of amides is 1. The summed E-state index contributed by atoms with van der Waals surface area (Å²) in [5.41, 5.74) is 1.91. The highest BCUT2D eigenvalue weighted by atomic mass is 32.2. The minimum atomic E-state index is -0.627. The maximum atomic E-state index is 12.9. The van der Waals surface area contributed by atoms with Gasteiger partial charge < -0.3 is 10.1 Å². The molecule has 0 radical (unpaired) electrons. The third-order valence-electron chi connectivity index (χ3n) is 5.15. The molecule has 0 aliphatic heterocycles. The van der Waals surface area contributed by atoms with Gasteiger partial charge in [0, 0.05) is 11.8 Å². The predicted molar refractivity (Wildman–Crippen MR) is 103 cm³/mol. The summed E-state index contributed by atoms with van der Waals surface area (Å²) in [6, 6.07) is 7.39. The number of aryl methyl sites for hydroxylation is 1. The normalized spacial score (nSPS) is 16.6. The second-order valence-electron chi connectivity index (χ2n) is 6.97. The molecule has 1 aliphatic carbocycles. The van der Waals surface area contributed by atoms with E-state index in [1.54, 1.807) is 0 Å². The first kappa shape index (κ1) is 19.8. The quantitative estimate of drug-likeness (QED) is 0.539. The first-order valence-corrected chi connectivity index (χ1v) is 10.3. The summed E-state index contributed by atoms with van der Waals surface area (Å²) in [5, 5.41) is 2.98. The smallest absolute Gasteiger partial charge is 0.328 e. The molecule has 0 bridgehead atoms. The fourth-order valence-corrected chi connectivity index (χ4v) is 3.79. The van der Waals surface area contributed by atoms with Crippen LogP contribution in [0.5, 0.6) is 0 Å². The zero-order chi connectivity index (χ0) is 18.3. The van der Waals surface area contributed by atoms with Gasteiger partial charge in [0.05, 0.1) is 7.11 Å². The van der Waals surface area contributed by atoms with E-state index in [0.29, 0.717) is 6.42 Å². The Morgan fingerprint density at radius 2 is 1.96 bits per heavy atom. The maximum Gasteiger partial charge on any atom is 0.328 e. The Bertz CT molecular complexity index is 581. The van der Waals surface area contributed by atoms with Gasteiger partial charge in [-0.2, -0.15) is 11.8 Å². The molecule has 1 saturated carbocycles. The fourth-order valence-electron chi connectivity index (χ4n) is 3.36. The zero-order valence-corrected chi connectivity index (χ0v) is 16.3. The number of ether oxygens (including phenoxy) is 1. The van der Waals surface area contributed by atoms with Crippen LogP contribution in [-0.2, 0) is 20.7 Å². The van der Waals surface area contributed by atoms with Crippen LogP contribution in [-0.4, -0.2) is 37.0 Å². The molecule has 0 aromatic heterocycles. The van der Waals surface area contributed by atoms with Crippen LogP contribution < -0.4 is 5.32 Å². The van der Waals surface area contributed by atoms with Crippen molar-refractivity contribution in [2.75, 3.05) is 19.1 Å². The van der Waals surface area contributed by atoms with Crippen LogP contribution in [0.25, 0.3) is 0 Å². The Hall–Kier alpha value is -1.49. The molecule has 1 fully saturated rings. The largest absolute Gasteiger partial charge is 0.467 e. The van der Waals surface area contributed by atoms with Gasteiger partial charge in [0.25, 0.3) is 0 Å². The molecule has 1 amide bonds. The number of hydrogen-bond donors (Lipinski definition) is 1. The maximum absolute atomic E-state index is 12.9. The molecule has 1 aliphatic rings. The molecule has 1 N–H and O–H groups in total. The fraction of sp³-hybridized carbons (Fsp3) is 0.600. The Labute approximate surface area is 155 Å². The molecule has 138 valence electrons. The van der Waals surface area contributed by atoms with Crippen molar-refractivity contribution in [1.29, 1.82) is 0 Å².